The molecule has 2 N–H and O–H groups in total. The van der Waals surface area contributed by atoms with Gasteiger partial charge in [-0.3, -0.25) is 0 Å². The summed E-state index contributed by atoms with van der Waals surface area (Å²) >= 11 is 0. The Hall–Kier alpha value is -0.0800. The lowest BCUT2D eigenvalue weighted by molar-refractivity contribution is -0.0117. The standard InChI is InChI=1S/C13H27NO/c1-11(2)6-8-14-10-13(15)7-4-5-12(3)9-13/h11-12,14-15H,4-10H2,1-3H3. The Labute approximate surface area is 94.5 Å². The molecule has 1 aliphatic rings. The van der Waals surface area contributed by atoms with Gasteiger partial charge in [0.05, 0.1) is 5.60 Å². The Balaban J connectivity index is 2.18. The Morgan fingerprint density at radius 3 is 2.80 bits per heavy atom. The first-order valence-electron chi connectivity index (χ1n) is 6.45. The van der Waals surface area contributed by atoms with Gasteiger partial charge in [0.15, 0.2) is 0 Å². The highest BCUT2D eigenvalue weighted by molar-refractivity contribution is 4.86. The molecule has 2 atom stereocenters. The summed E-state index contributed by atoms with van der Waals surface area (Å²) in [5.74, 6) is 1.44. The van der Waals surface area contributed by atoms with E-state index in [0.717, 1.165) is 31.8 Å². The fraction of sp³-hybridized carbons (Fsp3) is 1.00. The third-order valence-corrected chi connectivity index (χ3v) is 3.42. The van der Waals surface area contributed by atoms with Crippen LogP contribution in [0.25, 0.3) is 0 Å². The van der Waals surface area contributed by atoms with Crippen LogP contribution in [0.15, 0.2) is 0 Å². The molecule has 0 aromatic carbocycles. The highest BCUT2D eigenvalue weighted by Gasteiger charge is 2.31. The Morgan fingerprint density at radius 2 is 2.20 bits per heavy atom. The Kier molecular flexibility index (Phi) is 5.07. The van der Waals surface area contributed by atoms with E-state index in [1.54, 1.807) is 0 Å². The average molecular weight is 213 g/mol. The molecule has 1 aliphatic carbocycles. The van der Waals surface area contributed by atoms with Crippen molar-refractivity contribution in [2.24, 2.45) is 11.8 Å². The number of rotatable bonds is 5. The highest BCUT2D eigenvalue weighted by atomic mass is 16.3. The van der Waals surface area contributed by atoms with E-state index in [0.29, 0.717) is 5.92 Å². The molecule has 1 rings (SSSR count). The molecular formula is C13H27NO. The summed E-state index contributed by atoms with van der Waals surface area (Å²) < 4.78 is 0. The maximum atomic E-state index is 10.3. The van der Waals surface area contributed by atoms with Crippen LogP contribution in [0.1, 0.15) is 52.9 Å². The lowest BCUT2D eigenvalue weighted by atomic mass is 9.79. The summed E-state index contributed by atoms with van der Waals surface area (Å²) in [5, 5.41) is 13.7. The van der Waals surface area contributed by atoms with E-state index in [4.69, 9.17) is 0 Å². The molecular weight excluding hydrogens is 186 g/mol. The molecule has 1 saturated carbocycles. The van der Waals surface area contributed by atoms with Gasteiger partial charge in [0, 0.05) is 6.54 Å². The van der Waals surface area contributed by atoms with Gasteiger partial charge in [-0.15, -0.1) is 0 Å². The van der Waals surface area contributed by atoms with E-state index in [2.05, 4.69) is 26.1 Å². The molecule has 0 bridgehead atoms. The van der Waals surface area contributed by atoms with Crippen LogP contribution >= 0.6 is 0 Å². The number of hydrogen-bond donors (Lipinski definition) is 2. The monoisotopic (exact) mass is 213 g/mol. The molecule has 0 amide bonds. The van der Waals surface area contributed by atoms with Crippen molar-refractivity contribution in [2.45, 2.75) is 58.5 Å². The second-order valence-corrected chi connectivity index (χ2v) is 5.79. The van der Waals surface area contributed by atoms with Gasteiger partial charge >= 0.3 is 0 Å². The lowest BCUT2D eigenvalue weighted by Gasteiger charge is -2.35. The predicted molar refractivity (Wildman–Crippen MR) is 64.9 cm³/mol. The molecule has 90 valence electrons. The fourth-order valence-electron chi connectivity index (χ4n) is 2.50. The minimum Gasteiger partial charge on any atom is -0.389 e. The zero-order valence-electron chi connectivity index (χ0n) is 10.6. The average Bonchev–Trinajstić information content (AvgIpc) is 2.12. The van der Waals surface area contributed by atoms with Crippen molar-refractivity contribution in [3.8, 4) is 0 Å². The van der Waals surface area contributed by atoms with Gasteiger partial charge in [0.2, 0.25) is 0 Å². The predicted octanol–water partition coefficient (Wildman–Crippen LogP) is 2.56. The van der Waals surface area contributed by atoms with Gasteiger partial charge < -0.3 is 10.4 Å². The van der Waals surface area contributed by atoms with Crippen molar-refractivity contribution in [1.82, 2.24) is 5.32 Å². The van der Waals surface area contributed by atoms with Crippen LogP contribution in [0.5, 0.6) is 0 Å². The van der Waals surface area contributed by atoms with Crippen LogP contribution in [0.4, 0.5) is 0 Å². The number of aliphatic hydroxyl groups is 1. The molecule has 0 saturated heterocycles. The summed E-state index contributed by atoms with van der Waals surface area (Å²) in [6.45, 7) is 8.54. The molecule has 2 heteroatoms. The van der Waals surface area contributed by atoms with E-state index in [1.165, 1.54) is 19.3 Å². The topological polar surface area (TPSA) is 32.3 Å². The van der Waals surface area contributed by atoms with Crippen molar-refractivity contribution < 1.29 is 5.11 Å². The van der Waals surface area contributed by atoms with E-state index in [9.17, 15) is 5.11 Å². The fourth-order valence-corrected chi connectivity index (χ4v) is 2.50. The molecule has 15 heavy (non-hydrogen) atoms. The molecule has 2 unspecified atom stereocenters. The quantitative estimate of drug-likeness (QED) is 0.688. The van der Waals surface area contributed by atoms with Gasteiger partial charge in [-0.05, 0) is 37.6 Å². The normalized spacial score (nSPS) is 32.2. The van der Waals surface area contributed by atoms with E-state index in [1.807, 2.05) is 0 Å². The van der Waals surface area contributed by atoms with Crippen molar-refractivity contribution in [3.05, 3.63) is 0 Å². The summed E-state index contributed by atoms with van der Waals surface area (Å²) in [6.07, 6.45) is 5.62. The second kappa shape index (κ2) is 5.86. The van der Waals surface area contributed by atoms with Crippen LogP contribution in [-0.2, 0) is 0 Å². The van der Waals surface area contributed by atoms with Gasteiger partial charge in [0.25, 0.3) is 0 Å². The Bertz CT molecular complexity index is 181. The van der Waals surface area contributed by atoms with Crippen LogP contribution in [-0.4, -0.2) is 23.8 Å². The SMILES string of the molecule is CC(C)CCNCC1(O)CCCC(C)C1. The summed E-state index contributed by atoms with van der Waals surface area (Å²) in [7, 11) is 0. The first-order chi connectivity index (χ1) is 7.02. The van der Waals surface area contributed by atoms with E-state index < -0.39 is 5.60 Å². The molecule has 2 nitrogen and oxygen atoms in total. The van der Waals surface area contributed by atoms with Gasteiger partial charge in [-0.25, -0.2) is 0 Å². The summed E-state index contributed by atoms with van der Waals surface area (Å²) in [5.41, 5.74) is -0.422. The molecule has 0 spiro atoms. The van der Waals surface area contributed by atoms with Crippen LogP contribution in [0, 0.1) is 11.8 Å². The van der Waals surface area contributed by atoms with Crippen LogP contribution in [0.3, 0.4) is 0 Å². The highest BCUT2D eigenvalue weighted by Crippen LogP contribution is 2.31. The maximum absolute atomic E-state index is 10.3. The molecule has 0 heterocycles. The second-order valence-electron chi connectivity index (χ2n) is 5.79. The van der Waals surface area contributed by atoms with Crippen molar-refractivity contribution in [1.29, 1.82) is 0 Å². The smallest absolute Gasteiger partial charge is 0.0774 e. The van der Waals surface area contributed by atoms with Crippen LogP contribution < -0.4 is 5.32 Å². The number of hydrogen-bond acceptors (Lipinski definition) is 2. The third kappa shape index (κ3) is 4.98. The molecule has 1 fully saturated rings. The summed E-state index contributed by atoms with van der Waals surface area (Å²) in [4.78, 5) is 0. The van der Waals surface area contributed by atoms with Crippen molar-refractivity contribution in [3.63, 3.8) is 0 Å². The van der Waals surface area contributed by atoms with E-state index in [-0.39, 0.29) is 0 Å². The minimum atomic E-state index is -0.422. The maximum Gasteiger partial charge on any atom is 0.0774 e. The first-order valence-corrected chi connectivity index (χ1v) is 6.45. The number of nitrogens with one attached hydrogen (secondary N) is 1. The molecule has 0 radical (unpaired) electrons. The lowest BCUT2D eigenvalue weighted by Crippen LogP contribution is -2.44. The zero-order chi connectivity index (χ0) is 11.3. The molecule has 0 aromatic heterocycles. The van der Waals surface area contributed by atoms with Crippen molar-refractivity contribution >= 4 is 0 Å². The van der Waals surface area contributed by atoms with Gasteiger partial charge in [0.1, 0.15) is 0 Å². The molecule has 0 aliphatic heterocycles. The van der Waals surface area contributed by atoms with Gasteiger partial charge in [-0.2, -0.15) is 0 Å². The molecule has 0 aromatic rings. The van der Waals surface area contributed by atoms with Gasteiger partial charge in [-0.1, -0.05) is 33.6 Å². The zero-order valence-corrected chi connectivity index (χ0v) is 10.6. The first kappa shape index (κ1) is 13.0. The minimum absolute atomic E-state index is 0.422. The van der Waals surface area contributed by atoms with Crippen LogP contribution in [0.2, 0.25) is 0 Å². The van der Waals surface area contributed by atoms with E-state index >= 15 is 0 Å². The Morgan fingerprint density at radius 1 is 1.47 bits per heavy atom. The third-order valence-electron chi connectivity index (χ3n) is 3.42. The van der Waals surface area contributed by atoms with Crippen molar-refractivity contribution in [2.75, 3.05) is 13.1 Å². The largest absolute Gasteiger partial charge is 0.389 e. The summed E-state index contributed by atoms with van der Waals surface area (Å²) in [6, 6.07) is 0.